The molecule has 3 atom stereocenters. The average molecular weight is 286 g/mol. The molecular weight excluding hydrogens is 266 g/mol. The first kappa shape index (κ1) is 17.0. The summed E-state index contributed by atoms with van der Waals surface area (Å²) in [5.41, 5.74) is 3.78. The molecule has 1 aliphatic heterocycles. The highest BCUT2D eigenvalue weighted by atomic mass is 35.5. The van der Waals surface area contributed by atoms with Gasteiger partial charge in [0.05, 0.1) is 12.9 Å². The lowest BCUT2D eigenvalue weighted by atomic mass is 10.0. The van der Waals surface area contributed by atoms with Crippen LogP contribution in [0.5, 0.6) is 0 Å². The van der Waals surface area contributed by atoms with Crippen molar-refractivity contribution in [2.45, 2.75) is 42.8 Å². The maximum atomic E-state index is 10.9. The van der Waals surface area contributed by atoms with E-state index in [4.69, 9.17) is 0 Å². The molecule has 0 aromatic rings. The number of esters is 1. The van der Waals surface area contributed by atoms with Gasteiger partial charge in [0.15, 0.2) is 0 Å². The molecule has 1 rings (SSSR count). The van der Waals surface area contributed by atoms with Crippen LogP contribution in [0.25, 0.3) is 0 Å². The maximum absolute atomic E-state index is 10.9. The number of quaternary nitrogens is 1. The monoisotopic (exact) mass is 285 g/mol. The molecule has 0 radical (unpaired) electrons. The lowest BCUT2D eigenvalue weighted by Crippen LogP contribution is -3.00. The summed E-state index contributed by atoms with van der Waals surface area (Å²) in [4.78, 5) is 9.77. The highest BCUT2D eigenvalue weighted by Crippen LogP contribution is 2.38. The first-order valence-corrected chi connectivity index (χ1v) is 6.42. The highest BCUT2D eigenvalue weighted by molar-refractivity contribution is 8.00. The summed E-state index contributed by atoms with van der Waals surface area (Å²) in [5.74, 6) is 0.441. The van der Waals surface area contributed by atoms with E-state index in [1.807, 2.05) is 0 Å². The summed E-state index contributed by atoms with van der Waals surface area (Å²) in [6.07, 6.45) is 1.45. The summed E-state index contributed by atoms with van der Waals surface area (Å²) in [6, 6.07) is -0.115. The summed E-state index contributed by atoms with van der Waals surface area (Å²) in [7, 11) is 1.36. The smallest absolute Gasteiger partial charge is 0.305 e. The highest BCUT2D eigenvalue weighted by Gasteiger charge is 2.47. The Morgan fingerprint density at radius 1 is 1.59 bits per heavy atom. The van der Waals surface area contributed by atoms with Gasteiger partial charge in [0, 0.05) is 6.42 Å². The third kappa shape index (κ3) is 4.63. The van der Waals surface area contributed by atoms with Crippen LogP contribution in [0.3, 0.4) is 0 Å². The van der Waals surface area contributed by atoms with Gasteiger partial charge in [-0.25, -0.2) is 0 Å². The minimum atomic E-state index is -1.08. The van der Waals surface area contributed by atoms with Crippen LogP contribution in [0.2, 0.25) is 0 Å². The fourth-order valence-electron chi connectivity index (χ4n) is 1.77. The van der Waals surface area contributed by atoms with E-state index in [0.717, 1.165) is 0 Å². The van der Waals surface area contributed by atoms with Gasteiger partial charge < -0.3 is 33.1 Å². The molecule has 0 spiro atoms. The van der Waals surface area contributed by atoms with E-state index in [9.17, 15) is 15.0 Å². The number of hydrogen-bond acceptors (Lipinski definition) is 5. The summed E-state index contributed by atoms with van der Waals surface area (Å²) < 4.78 is 4.52. The van der Waals surface area contributed by atoms with Gasteiger partial charge in [0.1, 0.15) is 17.1 Å². The standard InChI is InChI=1S/C10H19NO4S.ClH/c1-15-8(12)4-2-3-5-10(14)9(13)7(11)6-16-10;/h7,9,13-14H,2-6,11H2,1H3;1H/t7-,9-,10?;/m0./s1. The molecule has 1 fully saturated rings. The quantitative estimate of drug-likeness (QED) is 0.355. The van der Waals surface area contributed by atoms with Gasteiger partial charge in [-0.15, -0.1) is 11.8 Å². The molecule has 1 aliphatic rings. The van der Waals surface area contributed by atoms with Crippen LogP contribution in [-0.2, 0) is 9.53 Å². The Morgan fingerprint density at radius 2 is 2.24 bits per heavy atom. The van der Waals surface area contributed by atoms with E-state index < -0.39 is 11.0 Å². The van der Waals surface area contributed by atoms with Crippen molar-refractivity contribution in [1.82, 2.24) is 0 Å². The minimum Gasteiger partial charge on any atom is -1.00 e. The fourth-order valence-corrected chi connectivity index (χ4v) is 3.10. The van der Waals surface area contributed by atoms with Crippen LogP contribution in [0, 0.1) is 0 Å². The molecule has 0 aromatic heterocycles. The number of hydrogen-bond donors (Lipinski definition) is 3. The normalized spacial score (nSPS) is 32.0. The second kappa shape index (κ2) is 7.43. The van der Waals surface area contributed by atoms with Crippen LogP contribution in [-0.4, -0.2) is 46.1 Å². The average Bonchev–Trinajstić information content (AvgIpc) is 2.53. The van der Waals surface area contributed by atoms with Crippen LogP contribution in [0.15, 0.2) is 0 Å². The number of aliphatic hydroxyl groups excluding tert-OH is 1. The van der Waals surface area contributed by atoms with E-state index in [2.05, 4.69) is 10.5 Å². The second-order valence-electron chi connectivity index (χ2n) is 4.14. The molecule has 0 amide bonds. The number of carbonyl (C=O) groups is 1. The Labute approximate surface area is 111 Å². The Kier molecular flexibility index (Phi) is 7.43. The molecule has 0 aliphatic carbocycles. The molecule has 0 saturated carbocycles. The number of ether oxygens (including phenoxy) is 1. The van der Waals surface area contributed by atoms with Crippen LogP contribution >= 0.6 is 11.8 Å². The predicted octanol–water partition coefficient (Wildman–Crippen LogP) is -3.87. The summed E-state index contributed by atoms with van der Waals surface area (Å²) in [6.45, 7) is 0. The van der Waals surface area contributed by atoms with Crippen molar-refractivity contribution in [3.8, 4) is 0 Å². The van der Waals surface area contributed by atoms with Crippen LogP contribution < -0.4 is 18.1 Å². The molecule has 0 bridgehead atoms. The van der Waals surface area contributed by atoms with Gasteiger partial charge >= 0.3 is 5.97 Å². The zero-order valence-corrected chi connectivity index (χ0v) is 11.5. The van der Waals surface area contributed by atoms with Crippen molar-refractivity contribution in [2.75, 3.05) is 12.9 Å². The van der Waals surface area contributed by atoms with E-state index in [-0.39, 0.29) is 24.4 Å². The number of methoxy groups -OCH3 is 1. The first-order valence-electron chi connectivity index (χ1n) is 5.44. The molecule has 1 heterocycles. The van der Waals surface area contributed by atoms with E-state index >= 15 is 0 Å². The Balaban J connectivity index is 0.00000256. The second-order valence-corrected chi connectivity index (χ2v) is 5.47. The van der Waals surface area contributed by atoms with Gasteiger partial charge in [-0.3, -0.25) is 4.79 Å². The largest absolute Gasteiger partial charge is 1.00 e. The minimum absolute atomic E-state index is 0. The molecule has 0 aromatic carbocycles. The molecule has 1 saturated heterocycles. The Hall–Kier alpha value is -0.0100. The van der Waals surface area contributed by atoms with Gasteiger partial charge in [0.2, 0.25) is 0 Å². The molecule has 17 heavy (non-hydrogen) atoms. The van der Waals surface area contributed by atoms with Crippen molar-refractivity contribution in [3.05, 3.63) is 0 Å². The van der Waals surface area contributed by atoms with Crippen molar-refractivity contribution < 1.29 is 37.9 Å². The van der Waals surface area contributed by atoms with Crippen molar-refractivity contribution in [2.24, 2.45) is 0 Å². The lowest BCUT2D eigenvalue weighted by Gasteiger charge is -2.25. The summed E-state index contributed by atoms with van der Waals surface area (Å²) >= 11 is 1.35. The Bertz CT molecular complexity index is 256. The maximum Gasteiger partial charge on any atom is 0.305 e. The third-order valence-electron chi connectivity index (χ3n) is 2.85. The first-order chi connectivity index (χ1) is 7.49. The molecular formula is C10H20ClNO4S. The van der Waals surface area contributed by atoms with E-state index in [0.29, 0.717) is 31.4 Å². The molecule has 5 N–H and O–H groups in total. The third-order valence-corrected chi connectivity index (χ3v) is 4.39. The summed E-state index contributed by atoms with van der Waals surface area (Å²) in [5, 5.41) is 19.9. The van der Waals surface area contributed by atoms with Crippen LogP contribution in [0.1, 0.15) is 25.7 Å². The van der Waals surface area contributed by atoms with Gasteiger partial charge in [0.25, 0.3) is 0 Å². The molecule has 7 heteroatoms. The number of aliphatic hydroxyl groups is 2. The Morgan fingerprint density at radius 3 is 2.71 bits per heavy atom. The predicted molar refractivity (Wildman–Crippen MR) is 60.6 cm³/mol. The molecule has 1 unspecified atom stereocenters. The van der Waals surface area contributed by atoms with Crippen molar-refractivity contribution in [3.63, 3.8) is 0 Å². The zero-order chi connectivity index (χ0) is 12.2. The van der Waals surface area contributed by atoms with E-state index in [1.54, 1.807) is 0 Å². The number of unbranched alkanes of at least 4 members (excludes halogenated alkanes) is 1. The van der Waals surface area contributed by atoms with Gasteiger partial charge in [-0.1, -0.05) is 0 Å². The SMILES string of the molecule is COC(=O)CCCCC1(O)SC[C@H]([NH3+])[C@@H]1O.[Cl-]. The topological polar surface area (TPSA) is 94.4 Å². The van der Waals surface area contributed by atoms with Gasteiger partial charge in [-0.2, -0.15) is 0 Å². The number of thioether (sulfide) groups is 1. The van der Waals surface area contributed by atoms with Crippen molar-refractivity contribution in [1.29, 1.82) is 0 Å². The lowest BCUT2D eigenvalue weighted by molar-refractivity contribution is -0.432. The number of halogens is 1. The van der Waals surface area contributed by atoms with Crippen molar-refractivity contribution >= 4 is 17.7 Å². The molecule has 5 nitrogen and oxygen atoms in total. The fraction of sp³-hybridized carbons (Fsp3) is 0.900. The van der Waals surface area contributed by atoms with Crippen LogP contribution in [0.4, 0.5) is 0 Å². The van der Waals surface area contributed by atoms with Gasteiger partial charge in [-0.05, 0) is 19.3 Å². The zero-order valence-electron chi connectivity index (χ0n) is 9.89. The molecule has 102 valence electrons. The number of carbonyl (C=O) groups excluding carboxylic acids is 1. The number of rotatable bonds is 5. The van der Waals surface area contributed by atoms with E-state index in [1.165, 1.54) is 18.9 Å².